The van der Waals surface area contributed by atoms with E-state index in [1.165, 1.54) is 17.7 Å². The molecule has 0 atom stereocenters. The molecular weight excluding hydrogens is 508 g/mol. The minimum atomic E-state index is -0.939. The van der Waals surface area contributed by atoms with Crippen LogP contribution in [-0.2, 0) is 31.4 Å². The number of aromatic nitrogens is 6. The lowest BCUT2D eigenvalue weighted by Gasteiger charge is -2.35. The van der Waals surface area contributed by atoms with E-state index in [4.69, 9.17) is 16.6 Å². The van der Waals surface area contributed by atoms with Crippen molar-refractivity contribution in [3.63, 3.8) is 0 Å². The first kappa shape index (κ1) is 26.1. The van der Waals surface area contributed by atoms with E-state index in [0.29, 0.717) is 35.5 Å². The van der Waals surface area contributed by atoms with E-state index >= 15 is 0 Å². The summed E-state index contributed by atoms with van der Waals surface area (Å²) in [6.07, 6.45) is 13.8. The van der Waals surface area contributed by atoms with Crippen LogP contribution in [0, 0.1) is 5.92 Å². The summed E-state index contributed by atoms with van der Waals surface area (Å²) in [6.45, 7) is 0.765. The Bertz CT molecular complexity index is 1280. The zero-order chi connectivity index (χ0) is 26.6. The van der Waals surface area contributed by atoms with Crippen molar-refractivity contribution in [3.8, 4) is 11.3 Å². The number of halogens is 1. The van der Waals surface area contributed by atoms with Gasteiger partial charge in [0, 0.05) is 55.1 Å². The predicted octanol–water partition coefficient (Wildman–Crippen LogP) is 4.17. The average molecular weight is 541 g/mol. The number of carbonyl (C=O) groups excluding carboxylic acids is 1. The third-order valence-corrected chi connectivity index (χ3v) is 7.75. The number of anilines is 1. The van der Waals surface area contributed by atoms with E-state index in [1.807, 2.05) is 17.9 Å². The van der Waals surface area contributed by atoms with Crippen LogP contribution in [0.5, 0.6) is 0 Å². The van der Waals surface area contributed by atoms with Gasteiger partial charge in [-0.1, -0.05) is 11.6 Å². The molecule has 0 aliphatic heterocycles. The maximum atomic E-state index is 12.1. The fourth-order valence-electron chi connectivity index (χ4n) is 5.18. The van der Waals surface area contributed by atoms with E-state index in [0.717, 1.165) is 55.2 Å². The minimum Gasteiger partial charge on any atom is -0.465 e. The summed E-state index contributed by atoms with van der Waals surface area (Å²) in [5, 5.41) is 22.5. The van der Waals surface area contributed by atoms with Crippen molar-refractivity contribution in [2.45, 2.75) is 76.5 Å². The summed E-state index contributed by atoms with van der Waals surface area (Å²) >= 11 is 6.51. The zero-order valence-corrected chi connectivity index (χ0v) is 22.2. The van der Waals surface area contributed by atoms with Gasteiger partial charge in [-0.2, -0.15) is 10.2 Å². The van der Waals surface area contributed by atoms with Gasteiger partial charge in [-0.15, -0.1) is 0 Å². The zero-order valence-electron chi connectivity index (χ0n) is 21.5. The standard InChI is InChI=1S/C26H33ClN8O3/c1-33-23(11-17-3-4-17)21(13-29-33)24-22(27)14-28-25(32-24)31-19-5-7-20(8-6-19)35(26(37)38)16-18-12-30-34(15-18)9-2-10-36/h10,12-15,17,19-20H,2-9,11,16H2,1H3,(H,37,38)(H,28,31,32)/t19-,20-. The first-order valence-electron chi connectivity index (χ1n) is 13.2. The number of aryl methyl sites for hydroxylation is 2. The monoisotopic (exact) mass is 540 g/mol. The summed E-state index contributed by atoms with van der Waals surface area (Å²) in [6, 6.07) is 0.0628. The van der Waals surface area contributed by atoms with E-state index in [1.54, 1.807) is 23.3 Å². The Morgan fingerprint density at radius 3 is 2.68 bits per heavy atom. The number of hydrogen-bond donors (Lipinski definition) is 2. The highest BCUT2D eigenvalue weighted by molar-refractivity contribution is 6.32. The van der Waals surface area contributed by atoms with Gasteiger partial charge in [0.15, 0.2) is 0 Å². The number of amides is 1. The fraction of sp³-hybridized carbons (Fsp3) is 0.538. The van der Waals surface area contributed by atoms with Gasteiger partial charge in [0.25, 0.3) is 0 Å². The van der Waals surface area contributed by atoms with Crippen LogP contribution in [0.4, 0.5) is 10.7 Å². The smallest absolute Gasteiger partial charge is 0.407 e. The van der Waals surface area contributed by atoms with E-state index < -0.39 is 6.09 Å². The molecule has 12 heteroatoms. The van der Waals surface area contributed by atoms with Crippen LogP contribution < -0.4 is 5.32 Å². The van der Waals surface area contributed by atoms with Crippen LogP contribution in [0.3, 0.4) is 0 Å². The van der Waals surface area contributed by atoms with Gasteiger partial charge >= 0.3 is 6.09 Å². The van der Waals surface area contributed by atoms with Gasteiger partial charge in [0.2, 0.25) is 5.95 Å². The lowest BCUT2D eigenvalue weighted by atomic mass is 9.90. The Balaban J connectivity index is 1.20. The predicted molar refractivity (Wildman–Crippen MR) is 142 cm³/mol. The van der Waals surface area contributed by atoms with Gasteiger partial charge in [-0.25, -0.2) is 14.8 Å². The minimum absolute atomic E-state index is 0.0778. The molecule has 2 saturated carbocycles. The average Bonchev–Trinajstić information content (AvgIpc) is 3.50. The van der Waals surface area contributed by atoms with Crippen molar-refractivity contribution in [2.24, 2.45) is 13.0 Å². The van der Waals surface area contributed by atoms with Crippen molar-refractivity contribution < 1.29 is 14.7 Å². The highest BCUT2D eigenvalue weighted by atomic mass is 35.5. The number of nitrogens with one attached hydrogen (secondary N) is 1. The van der Waals surface area contributed by atoms with Crippen molar-refractivity contribution in [2.75, 3.05) is 5.32 Å². The molecular formula is C26H33ClN8O3. The molecule has 0 aromatic carbocycles. The molecule has 0 unspecified atom stereocenters. The van der Waals surface area contributed by atoms with Crippen LogP contribution in [-0.4, -0.2) is 64.0 Å². The third kappa shape index (κ3) is 6.15. The second-order valence-corrected chi connectivity index (χ2v) is 10.7. The molecule has 2 fully saturated rings. The molecule has 202 valence electrons. The van der Waals surface area contributed by atoms with Crippen molar-refractivity contribution in [1.29, 1.82) is 0 Å². The second kappa shape index (κ2) is 11.5. The summed E-state index contributed by atoms with van der Waals surface area (Å²) in [7, 11) is 1.95. The van der Waals surface area contributed by atoms with Crippen LogP contribution in [0.1, 0.15) is 56.2 Å². The molecule has 2 N–H and O–H groups in total. The van der Waals surface area contributed by atoms with Crippen molar-refractivity contribution in [3.05, 3.63) is 41.1 Å². The Morgan fingerprint density at radius 1 is 1.18 bits per heavy atom. The molecule has 1 amide bonds. The highest BCUT2D eigenvalue weighted by Gasteiger charge is 2.30. The maximum absolute atomic E-state index is 12.1. The molecule has 38 heavy (non-hydrogen) atoms. The van der Waals surface area contributed by atoms with Crippen LogP contribution in [0.2, 0.25) is 5.02 Å². The van der Waals surface area contributed by atoms with E-state index in [2.05, 4.69) is 20.5 Å². The number of rotatable bonds is 11. The SMILES string of the molecule is Cn1ncc(-c2nc(N[C@H]3CC[C@H](N(Cc4cnn(CCC=O)c4)C(=O)O)CC3)ncc2Cl)c1CC1CC1. The highest BCUT2D eigenvalue weighted by Crippen LogP contribution is 2.37. The Kier molecular flexibility index (Phi) is 7.92. The lowest BCUT2D eigenvalue weighted by molar-refractivity contribution is -0.108. The summed E-state index contributed by atoms with van der Waals surface area (Å²) in [5.41, 5.74) is 3.59. The van der Waals surface area contributed by atoms with E-state index in [9.17, 15) is 14.7 Å². The first-order chi connectivity index (χ1) is 18.4. The number of aldehydes is 1. The number of hydrogen-bond acceptors (Lipinski definition) is 7. The Labute approximate surface area is 226 Å². The normalized spacial score (nSPS) is 19.3. The van der Waals surface area contributed by atoms with Crippen molar-refractivity contribution in [1.82, 2.24) is 34.4 Å². The topological polar surface area (TPSA) is 131 Å². The fourth-order valence-corrected chi connectivity index (χ4v) is 5.38. The van der Waals surface area contributed by atoms with Gasteiger partial charge in [-0.05, 0) is 50.9 Å². The summed E-state index contributed by atoms with van der Waals surface area (Å²) in [4.78, 5) is 33.3. The molecule has 0 bridgehead atoms. The van der Waals surface area contributed by atoms with Crippen molar-refractivity contribution >= 4 is 29.9 Å². The molecule has 0 saturated heterocycles. The molecule has 3 heterocycles. The Hall–Kier alpha value is -3.47. The quantitative estimate of drug-likeness (QED) is 0.346. The first-order valence-corrected chi connectivity index (χ1v) is 13.5. The van der Waals surface area contributed by atoms with Crippen LogP contribution in [0.25, 0.3) is 11.3 Å². The maximum Gasteiger partial charge on any atom is 0.407 e. The molecule has 3 aromatic rings. The molecule has 5 rings (SSSR count). The molecule has 2 aliphatic rings. The van der Waals surface area contributed by atoms with Gasteiger partial charge in [0.1, 0.15) is 6.29 Å². The summed E-state index contributed by atoms with van der Waals surface area (Å²) in [5.74, 6) is 1.23. The van der Waals surface area contributed by atoms with Gasteiger partial charge < -0.3 is 20.1 Å². The second-order valence-electron chi connectivity index (χ2n) is 10.3. The Morgan fingerprint density at radius 2 is 1.97 bits per heavy atom. The van der Waals surface area contributed by atoms with Gasteiger partial charge in [-0.3, -0.25) is 9.36 Å². The molecule has 0 spiro atoms. The lowest BCUT2D eigenvalue weighted by Crippen LogP contribution is -2.43. The molecule has 11 nitrogen and oxygen atoms in total. The summed E-state index contributed by atoms with van der Waals surface area (Å²) < 4.78 is 3.58. The van der Waals surface area contributed by atoms with Crippen LogP contribution in [0.15, 0.2) is 24.8 Å². The van der Waals surface area contributed by atoms with Crippen LogP contribution >= 0.6 is 11.6 Å². The molecule has 0 radical (unpaired) electrons. The number of carbonyl (C=O) groups is 2. The van der Waals surface area contributed by atoms with E-state index in [-0.39, 0.29) is 18.6 Å². The third-order valence-electron chi connectivity index (χ3n) is 7.47. The van der Waals surface area contributed by atoms with Gasteiger partial charge in [0.05, 0.1) is 35.9 Å². The largest absolute Gasteiger partial charge is 0.465 e. The number of carboxylic acid groups (broad SMARTS) is 1. The molecule has 3 aromatic heterocycles. The number of nitrogens with zero attached hydrogens (tertiary/aromatic N) is 7. The molecule has 2 aliphatic carbocycles.